The van der Waals surface area contributed by atoms with Crippen LogP contribution in [0.1, 0.15) is 67.4 Å². The summed E-state index contributed by atoms with van der Waals surface area (Å²) in [6, 6.07) is 11.0. The fraction of sp³-hybridized carbons (Fsp3) is 0.516. The Morgan fingerprint density at radius 2 is 1.90 bits per heavy atom. The number of hydrogen-bond acceptors (Lipinski definition) is 6. The number of sulfonamides is 1. The van der Waals surface area contributed by atoms with E-state index in [1.807, 2.05) is 37.3 Å². The Labute approximate surface area is 242 Å². The number of allylic oxidation sites excluding steroid dienone is 1. The zero-order chi connectivity index (χ0) is 28.4. The van der Waals surface area contributed by atoms with Crippen molar-refractivity contribution in [2.75, 3.05) is 18.0 Å². The molecule has 0 spiro atoms. The second-order valence-corrected chi connectivity index (χ2v) is 14.1. The number of nitrogens with one attached hydrogen (secondary N) is 1. The Morgan fingerprint density at radius 1 is 1.07 bits per heavy atom. The van der Waals surface area contributed by atoms with E-state index in [2.05, 4.69) is 9.62 Å². The van der Waals surface area contributed by atoms with Crippen LogP contribution in [0.3, 0.4) is 0 Å². The van der Waals surface area contributed by atoms with E-state index in [0.29, 0.717) is 29.7 Å². The molecule has 2 heterocycles. The fourth-order valence-electron chi connectivity index (χ4n) is 5.99. The van der Waals surface area contributed by atoms with Gasteiger partial charge in [0.15, 0.2) is 0 Å². The minimum Gasteiger partial charge on any atom is -0.487 e. The predicted molar refractivity (Wildman–Crippen MR) is 158 cm³/mol. The third-order valence-electron chi connectivity index (χ3n) is 8.97. The van der Waals surface area contributed by atoms with Crippen molar-refractivity contribution >= 4 is 33.2 Å². The maximum atomic E-state index is 13.3. The molecule has 3 aliphatic rings. The number of carbonyl (C=O) groups excluding carboxylic acids is 1. The van der Waals surface area contributed by atoms with Gasteiger partial charge in [-0.1, -0.05) is 36.7 Å². The summed E-state index contributed by atoms with van der Waals surface area (Å²) in [5.74, 6) is 0.210. The molecule has 9 heteroatoms. The van der Waals surface area contributed by atoms with E-state index in [4.69, 9.17) is 16.3 Å². The lowest BCUT2D eigenvalue weighted by Gasteiger charge is -2.42. The Hall–Kier alpha value is -2.55. The molecule has 2 aromatic carbocycles. The van der Waals surface area contributed by atoms with Crippen LogP contribution in [-0.4, -0.2) is 43.9 Å². The molecular formula is C31H39ClN2O5S. The molecule has 2 N–H and O–H groups in total. The summed E-state index contributed by atoms with van der Waals surface area (Å²) in [5.41, 5.74) is 3.29. The topological polar surface area (TPSA) is 95.9 Å². The number of halogens is 1. The first-order chi connectivity index (χ1) is 19.1. The molecule has 5 rings (SSSR count). The van der Waals surface area contributed by atoms with Crippen molar-refractivity contribution in [3.05, 3.63) is 70.3 Å². The third kappa shape index (κ3) is 6.34. The number of aliphatic hydroxyl groups excluding tert-OH is 1. The largest absolute Gasteiger partial charge is 0.487 e. The number of rotatable bonds is 0. The highest BCUT2D eigenvalue weighted by atomic mass is 35.5. The second kappa shape index (κ2) is 12.1. The van der Waals surface area contributed by atoms with E-state index in [1.54, 1.807) is 25.1 Å². The van der Waals surface area contributed by atoms with Crippen molar-refractivity contribution < 1.29 is 23.1 Å². The molecule has 2 bridgehead atoms. The number of fused-ring (bicyclic) bond motifs is 3. The minimum atomic E-state index is -3.91. The summed E-state index contributed by atoms with van der Waals surface area (Å²) in [5, 5.41) is 10.9. The zero-order valence-corrected chi connectivity index (χ0v) is 24.8. The SMILES string of the molecule is C[C@@H]1C/C=C/[C@H](O)[C@@H]2CC[C@H]2CN2CCCCc3cc(Cl)ccc3COc3ccc(cc32)C(=O)NS(=O)(=O)[C@@H]1C. The van der Waals surface area contributed by atoms with Gasteiger partial charge in [-0.25, -0.2) is 13.1 Å². The molecule has 5 atom stereocenters. The average Bonchev–Trinajstić information content (AvgIpc) is 2.92. The van der Waals surface area contributed by atoms with Gasteiger partial charge in [0.05, 0.1) is 17.0 Å². The number of anilines is 1. The van der Waals surface area contributed by atoms with Gasteiger partial charge in [0, 0.05) is 23.7 Å². The molecule has 216 valence electrons. The normalized spacial score (nSPS) is 29.9. The van der Waals surface area contributed by atoms with Gasteiger partial charge >= 0.3 is 0 Å². The summed E-state index contributed by atoms with van der Waals surface area (Å²) in [6.07, 6.45) is 8.39. The molecule has 0 radical (unpaired) electrons. The molecule has 1 saturated carbocycles. The number of nitrogens with zero attached hydrogens (tertiary/aromatic N) is 1. The van der Waals surface area contributed by atoms with Crippen LogP contribution in [0.4, 0.5) is 5.69 Å². The molecule has 1 amide bonds. The van der Waals surface area contributed by atoms with Crippen LogP contribution >= 0.6 is 11.6 Å². The number of amides is 1. The number of aryl methyl sites for hydroxylation is 1. The Morgan fingerprint density at radius 3 is 2.67 bits per heavy atom. The van der Waals surface area contributed by atoms with Crippen molar-refractivity contribution in [1.82, 2.24) is 4.72 Å². The van der Waals surface area contributed by atoms with Gasteiger partial charge in [0.1, 0.15) is 12.4 Å². The lowest BCUT2D eigenvalue weighted by Crippen LogP contribution is -2.43. The van der Waals surface area contributed by atoms with E-state index in [0.717, 1.165) is 56.4 Å². The van der Waals surface area contributed by atoms with Crippen molar-refractivity contribution in [1.29, 1.82) is 0 Å². The van der Waals surface area contributed by atoms with Crippen LogP contribution in [0.15, 0.2) is 48.6 Å². The molecular weight excluding hydrogens is 548 g/mol. The van der Waals surface area contributed by atoms with Gasteiger partial charge in [-0.05, 0) is 105 Å². The van der Waals surface area contributed by atoms with Crippen molar-refractivity contribution in [3.63, 3.8) is 0 Å². The first kappa shape index (κ1) is 29.0. The monoisotopic (exact) mass is 586 g/mol. The predicted octanol–water partition coefficient (Wildman–Crippen LogP) is 5.49. The summed E-state index contributed by atoms with van der Waals surface area (Å²) >= 11 is 6.29. The van der Waals surface area contributed by atoms with E-state index in [-0.39, 0.29) is 17.4 Å². The maximum Gasteiger partial charge on any atom is 0.264 e. The Kier molecular flexibility index (Phi) is 8.78. The van der Waals surface area contributed by atoms with Gasteiger partial charge in [-0.2, -0.15) is 0 Å². The van der Waals surface area contributed by atoms with Gasteiger partial charge in [0.2, 0.25) is 10.0 Å². The molecule has 7 nitrogen and oxygen atoms in total. The van der Waals surface area contributed by atoms with Crippen LogP contribution in [0.25, 0.3) is 0 Å². The van der Waals surface area contributed by atoms with Gasteiger partial charge in [-0.3, -0.25) is 4.79 Å². The van der Waals surface area contributed by atoms with Crippen LogP contribution in [0.2, 0.25) is 5.02 Å². The number of carbonyl (C=O) groups is 1. The number of hydrogen-bond donors (Lipinski definition) is 2. The summed E-state index contributed by atoms with van der Waals surface area (Å²) in [6.45, 7) is 5.30. The zero-order valence-electron chi connectivity index (χ0n) is 23.2. The van der Waals surface area contributed by atoms with Gasteiger partial charge < -0.3 is 14.7 Å². The highest BCUT2D eigenvalue weighted by Crippen LogP contribution is 2.41. The molecule has 0 aromatic heterocycles. The first-order valence-electron chi connectivity index (χ1n) is 14.3. The number of aliphatic hydroxyl groups is 1. The molecule has 1 aliphatic carbocycles. The van der Waals surface area contributed by atoms with Crippen LogP contribution < -0.4 is 14.4 Å². The smallest absolute Gasteiger partial charge is 0.264 e. The van der Waals surface area contributed by atoms with E-state index < -0.39 is 27.3 Å². The number of benzene rings is 2. The minimum absolute atomic E-state index is 0.140. The number of ether oxygens (including phenoxy) is 1. The Bertz CT molecular complexity index is 1380. The van der Waals surface area contributed by atoms with E-state index >= 15 is 0 Å². The first-order valence-corrected chi connectivity index (χ1v) is 16.2. The highest BCUT2D eigenvalue weighted by molar-refractivity contribution is 7.90. The van der Waals surface area contributed by atoms with Crippen LogP contribution in [0.5, 0.6) is 5.75 Å². The average molecular weight is 587 g/mol. The van der Waals surface area contributed by atoms with E-state index in [9.17, 15) is 18.3 Å². The summed E-state index contributed by atoms with van der Waals surface area (Å²) in [7, 11) is -3.91. The van der Waals surface area contributed by atoms with Crippen LogP contribution in [0, 0.1) is 17.8 Å². The molecule has 2 aliphatic heterocycles. The molecule has 40 heavy (non-hydrogen) atoms. The molecule has 2 aromatic rings. The van der Waals surface area contributed by atoms with Gasteiger partial charge in [-0.15, -0.1) is 0 Å². The van der Waals surface area contributed by atoms with Crippen molar-refractivity contribution in [3.8, 4) is 5.75 Å². The highest BCUT2D eigenvalue weighted by Gasteiger charge is 2.37. The maximum absolute atomic E-state index is 13.3. The second-order valence-electron chi connectivity index (χ2n) is 11.6. The van der Waals surface area contributed by atoms with E-state index in [1.165, 1.54) is 5.56 Å². The molecule has 0 unspecified atom stereocenters. The lowest BCUT2D eigenvalue weighted by molar-refractivity contribution is 0.0461. The standard InChI is InChI=1S/C31H39ClN2O5S/c1-20-6-5-8-29(35)27-13-10-24(27)18-34-15-4-3-7-22-16-26(32)12-9-25(22)19-39-30-14-11-23(17-28(30)34)31(36)33-40(37,38)21(20)2/h5,8-9,11-12,14,16-17,20-21,24,27,29,35H,3-4,6-7,10,13,15,18-19H2,1-2H3,(H,33,36)/b8-5+/t20-,21-,24+,27-,29+/m1/s1. The third-order valence-corrected chi connectivity index (χ3v) is 11.1. The van der Waals surface area contributed by atoms with Crippen molar-refractivity contribution in [2.24, 2.45) is 17.8 Å². The molecule has 1 fully saturated rings. The molecule has 0 saturated heterocycles. The summed E-state index contributed by atoms with van der Waals surface area (Å²) < 4.78 is 34.8. The lowest BCUT2D eigenvalue weighted by atomic mass is 9.70. The Balaban J connectivity index is 1.54. The van der Waals surface area contributed by atoms with Crippen molar-refractivity contribution in [2.45, 2.75) is 70.3 Å². The van der Waals surface area contributed by atoms with Crippen LogP contribution in [-0.2, 0) is 23.1 Å². The fourth-order valence-corrected chi connectivity index (χ4v) is 7.47. The quantitative estimate of drug-likeness (QED) is 0.396. The summed E-state index contributed by atoms with van der Waals surface area (Å²) in [4.78, 5) is 15.5. The van der Waals surface area contributed by atoms with Gasteiger partial charge in [0.25, 0.3) is 5.91 Å².